The summed E-state index contributed by atoms with van der Waals surface area (Å²) in [6, 6.07) is 10.5. The van der Waals surface area contributed by atoms with Crippen molar-refractivity contribution >= 4 is 32.9 Å². The number of carbonyl (C=O) groups excluding carboxylic acids is 1. The number of nitrogens with one attached hydrogen (secondary N) is 1. The third-order valence-corrected chi connectivity index (χ3v) is 6.45. The van der Waals surface area contributed by atoms with Gasteiger partial charge in [-0.3, -0.25) is 9.48 Å². The van der Waals surface area contributed by atoms with Crippen molar-refractivity contribution in [1.82, 2.24) is 28.9 Å². The average Bonchev–Trinajstić information content (AvgIpc) is 3.21. The molecule has 5 aromatic rings. The number of aromatic nitrogens is 5. The normalized spacial score (nSPS) is 13.8. The molecule has 0 spiro atoms. The Hall–Kier alpha value is -3.39. The molecule has 7 nitrogen and oxygen atoms in total. The Balaban J connectivity index is 1.13. The number of hydrogen-bond donors (Lipinski definition) is 1. The van der Waals surface area contributed by atoms with Crippen LogP contribution in [-0.2, 0) is 13.1 Å². The monoisotopic (exact) mass is 488 g/mol. The molecule has 0 aliphatic heterocycles. The van der Waals surface area contributed by atoms with Crippen molar-refractivity contribution in [1.29, 1.82) is 0 Å². The molecule has 0 radical (unpaired) electrons. The molecular weight excluding hydrogens is 468 g/mol. The molecule has 160 valence electrons. The Bertz CT molecular complexity index is 1460. The van der Waals surface area contributed by atoms with E-state index in [1.165, 1.54) is 23.9 Å². The molecule has 32 heavy (non-hydrogen) atoms. The summed E-state index contributed by atoms with van der Waals surface area (Å²) >= 11 is 3.48. The highest BCUT2D eigenvalue weighted by atomic mass is 79.9. The Morgan fingerprint density at radius 2 is 2.03 bits per heavy atom. The van der Waals surface area contributed by atoms with Crippen LogP contribution in [0, 0.1) is 0 Å². The zero-order chi connectivity index (χ0) is 21.7. The summed E-state index contributed by atoms with van der Waals surface area (Å²) < 4.78 is 6.89. The minimum Gasteiger partial charge on any atom is -0.346 e. The number of halogens is 1. The molecule has 0 bridgehead atoms. The Morgan fingerprint density at radius 3 is 2.91 bits per heavy atom. The molecule has 6 rings (SSSR count). The van der Waals surface area contributed by atoms with Crippen LogP contribution < -0.4 is 5.32 Å². The Labute approximate surface area is 192 Å². The fraction of sp³-hybridized carbons (Fsp3) is 0.208. The third-order valence-electron chi connectivity index (χ3n) is 5.96. The molecule has 0 aromatic carbocycles. The Kier molecular flexibility index (Phi) is 4.61. The fourth-order valence-electron chi connectivity index (χ4n) is 4.10. The standard InChI is InChI=1S/C24H21BrN6O/c25-20-5-6-29-15-27-22(23(29)8-20)10-26-24(32)19-9-28-31(14-19)12-16-7-21-4-3-18(17-1-2-17)13-30(21)11-16/h3-9,11,13-15,17H,1-2,10,12H2,(H,26,32). The van der Waals surface area contributed by atoms with Crippen LogP contribution in [-0.4, -0.2) is 29.5 Å². The molecule has 1 N–H and O–H groups in total. The predicted octanol–water partition coefficient (Wildman–Crippen LogP) is 4.40. The molecule has 1 amide bonds. The van der Waals surface area contributed by atoms with E-state index < -0.39 is 0 Å². The summed E-state index contributed by atoms with van der Waals surface area (Å²) in [5, 5.41) is 7.33. The second-order valence-electron chi connectivity index (χ2n) is 8.36. The zero-order valence-corrected chi connectivity index (χ0v) is 18.9. The average molecular weight is 489 g/mol. The van der Waals surface area contributed by atoms with Gasteiger partial charge in [0.2, 0.25) is 0 Å². The van der Waals surface area contributed by atoms with E-state index >= 15 is 0 Å². The van der Waals surface area contributed by atoms with Gasteiger partial charge in [-0.1, -0.05) is 22.0 Å². The molecule has 1 aliphatic rings. The maximum atomic E-state index is 12.6. The van der Waals surface area contributed by atoms with E-state index in [0.29, 0.717) is 18.7 Å². The highest BCUT2D eigenvalue weighted by Crippen LogP contribution is 2.40. The first-order valence-corrected chi connectivity index (χ1v) is 11.4. The van der Waals surface area contributed by atoms with E-state index in [1.807, 2.05) is 22.7 Å². The van der Waals surface area contributed by atoms with Crippen molar-refractivity contribution in [2.24, 2.45) is 0 Å². The van der Waals surface area contributed by atoms with Crippen LogP contribution in [0.15, 0.2) is 72.1 Å². The molecule has 0 unspecified atom stereocenters. The van der Waals surface area contributed by atoms with Gasteiger partial charge in [0.15, 0.2) is 0 Å². The van der Waals surface area contributed by atoms with Crippen LogP contribution in [0.3, 0.4) is 0 Å². The van der Waals surface area contributed by atoms with Crippen LogP contribution in [0.4, 0.5) is 0 Å². The number of fused-ring (bicyclic) bond motifs is 2. The topological polar surface area (TPSA) is 68.6 Å². The van der Waals surface area contributed by atoms with Gasteiger partial charge in [0, 0.05) is 34.8 Å². The van der Waals surface area contributed by atoms with Gasteiger partial charge in [-0.25, -0.2) is 4.98 Å². The SMILES string of the molecule is O=C(NCc1ncn2ccc(Br)cc12)c1cnn(Cc2cc3ccc(C4CC4)cn3c2)c1. The summed E-state index contributed by atoms with van der Waals surface area (Å²) in [5.41, 5.74) is 6.06. The van der Waals surface area contributed by atoms with Gasteiger partial charge in [-0.05, 0) is 54.2 Å². The summed E-state index contributed by atoms with van der Waals surface area (Å²) in [6.45, 7) is 0.971. The number of pyridine rings is 2. The van der Waals surface area contributed by atoms with Crippen molar-refractivity contribution in [2.45, 2.75) is 31.8 Å². The van der Waals surface area contributed by atoms with Crippen LogP contribution in [0.1, 0.15) is 45.9 Å². The molecule has 1 saturated carbocycles. The third kappa shape index (κ3) is 3.71. The molecule has 1 aliphatic carbocycles. The van der Waals surface area contributed by atoms with Crippen molar-refractivity contribution < 1.29 is 4.79 Å². The van der Waals surface area contributed by atoms with E-state index in [9.17, 15) is 4.79 Å². The summed E-state index contributed by atoms with van der Waals surface area (Å²) in [4.78, 5) is 17.1. The van der Waals surface area contributed by atoms with E-state index in [4.69, 9.17) is 0 Å². The van der Waals surface area contributed by atoms with Crippen LogP contribution >= 0.6 is 15.9 Å². The van der Waals surface area contributed by atoms with Gasteiger partial charge in [-0.2, -0.15) is 5.10 Å². The number of carbonyl (C=O) groups is 1. The largest absolute Gasteiger partial charge is 0.346 e. The van der Waals surface area contributed by atoms with Gasteiger partial charge in [-0.15, -0.1) is 0 Å². The van der Waals surface area contributed by atoms with Crippen molar-refractivity contribution in [3.05, 3.63) is 94.5 Å². The molecule has 5 aromatic heterocycles. The van der Waals surface area contributed by atoms with Gasteiger partial charge in [0.1, 0.15) is 0 Å². The second-order valence-corrected chi connectivity index (χ2v) is 9.27. The molecular formula is C24H21BrN6O. The van der Waals surface area contributed by atoms with E-state index in [1.54, 1.807) is 23.4 Å². The maximum absolute atomic E-state index is 12.6. The Morgan fingerprint density at radius 1 is 1.12 bits per heavy atom. The lowest BCUT2D eigenvalue weighted by Gasteiger charge is -2.02. The molecule has 0 saturated heterocycles. The maximum Gasteiger partial charge on any atom is 0.254 e. The zero-order valence-electron chi connectivity index (χ0n) is 17.3. The highest BCUT2D eigenvalue weighted by molar-refractivity contribution is 9.10. The van der Waals surface area contributed by atoms with Gasteiger partial charge >= 0.3 is 0 Å². The molecule has 1 fully saturated rings. The van der Waals surface area contributed by atoms with Gasteiger partial charge in [0.05, 0.1) is 42.4 Å². The molecule has 0 atom stereocenters. The van der Waals surface area contributed by atoms with Crippen LogP contribution in [0.5, 0.6) is 0 Å². The number of imidazole rings is 1. The van der Waals surface area contributed by atoms with Crippen molar-refractivity contribution in [2.75, 3.05) is 0 Å². The lowest BCUT2D eigenvalue weighted by atomic mass is 10.2. The predicted molar refractivity (Wildman–Crippen MR) is 125 cm³/mol. The first-order valence-electron chi connectivity index (χ1n) is 10.6. The second kappa shape index (κ2) is 7.63. The number of nitrogens with zero attached hydrogens (tertiary/aromatic N) is 5. The van der Waals surface area contributed by atoms with Crippen molar-refractivity contribution in [3.8, 4) is 0 Å². The number of hydrogen-bond acceptors (Lipinski definition) is 3. The van der Waals surface area contributed by atoms with Crippen LogP contribution in [0.2, 0.25) is 0 Å². The number of rotatable bonds is 6. The van der Waals surface area contributed by atoms with Gasteiger partial charge in [0.25, 0.3) is 5.91 Å². The number of amides is 1. The molecule has 8 heteroatoms. The minimum atomic E-state index is -0.163. The lowest BCUT2D eigenvalue weighted by Crippen LogP contribution is -2.22. The van der Waals surface area contributed by atoms with E-state index in [0.717, 1.165) is 27.2 Å². The molecule has 5 heterocycles. The van der Waals surface area contributed by atoms with E-state index in [2.05, 4.69) is 66.3 Å². The quantitative estimate of drug-likeness (QED) is 0.385. The summed E-state index contributed by atoms with van der Waals surface area (Å²) in [6.07, 6.45) is 14.0. The van der Waals surface area contributed by atoms with Crippen molar-refractivity contribution in [3.63, 3.8) is 0 Å². The smallest absolute Gasteiger partial charge is 0.254 e. The highest BCUT2D eigenvalue weighted by Gasteiger charge is 2.23. The van der Waals surface area contributed by atoms with Gasteiger partial charge < -0.3 is 14.1 Å². The first-order chi connectivity index (χ1) is 15.6. The fourth-order valence-corrected chi connectivity index (χ4v) is 4.44. The minimum absolute atomic E-state index is 0.163. The summed E-state index contributed by atoms with van der Waals surface area (Å²) in [7, 11) is 0. The van der Waals surface area contributed by atoms with E-state index in [-0.39, 0.29) is 5.91 Å². The lowest BCUT2D eigenvalue weighted by molar-refractivity contribution is 0.0950. The summed E-state index contributed by atoms with van der Waals surface area (Å²) in [5.74, 6) is 0.572. The van der Waals surface area contributed by atoms with Crippen LogP contribution in [0.25, 0.3) is 11.0 Å². The first kappa shape index (κ1) is 19.3.